The van der Waals surface area contributed by atoms with Gasteiger partial charge in [0.15, 0.2) is 29.3 Å². The number of aliphatic carboxylic acids is 1. The van der Waals surface area contributed by atoms with Crippen LogP contribution < -0.4 is 18.9 Å². The molecule has 2 aliphatic carbocycles. The molecule has 5 aliphatic heterocycles. The topological polar surface area (TPSA) is 306 Å². The van der Waals surface area contributed by atoms with Crippen molar-refractivity contribution in [3.05, 3.63) is 101 Å². The van der Waals surface area contributed by atoms with Crippen LogP contribution in [0.5, 0.6) is 34.5 Å². The van der Waals surface area contributed by atoms with Crippen LogP contribution in [-0.2, 0) is 15.1 Å². The molecule has 11 atom stereocenters. The van der Waals surface area contributed by atoms with Gasteiger partial charge in [-0.2, -0.15) is 0 Å². The molecule has 10 rings (SSSR count). The molecule has 3 aromatic carbocycles. The van der Waals surface area contributed by atoms with Crippen molar-refractivity contribution in [3.63, 3.8) is 0 Å². The first-order chi connectivity index (χ1) is 32.1. The van der Waals surface area contributed by atoms with Gasteiger partial charge in [0, 0.05) is 30.1 Å². The summed E-state index contributed by atoms with van der Waals surface area (Å²) in [6.45, 7) is -0.615. The van der Waals surface area contributed by atoms with Crippen molar-refractivity contribution in [2.75, 3.05) is 13.2 Å². The first-order valence-corrected chi connectivity index (χ1v) is 21.5. The summed E-state index contributed by atoms with van der Waals surface area (Å²) >= 11 is 0. The van der Waals surface area contributed by atoms with E-state index >= 15 is 0 Å². The molecule has 2 bridgehead atoms. The average Bonchev–Trinajstić information content (AvgIpc) is 4.09. The second-order valence-corrected chi connectivity index (χ2v) is 17.3. The first kappa shape index (κ1) is 43.8. The second-order valence-electron chi connectivity index (χ2n) is 17.3. The van der Waals surface area contributed by atoms with E-state index < -0.39 is 101 Å². The normalized spacial score (nSPS) is 32.0. The summed E-state index contributed by atoms with van der Waals surface area (Å²) in [5.41, 5.74) is -5.83. The van der Waals surface area contributed by atoms with Gasteiger partial charge in [0.2, 0.25) is 12.0 Å². The molecule has 0 aromatic heterocycles. The van der Waals surface area contributed by atoms with Crippen LogP contribution in [0.3, 0.4) is 0 Å². The molecule has 1 saturated heterocycles. The molecule has 7 aliphatic rings. The minimum Gasteiger partial charge on any atom is -0.508 e. The van der Waals surface area contributed by atoms with Crippen molar-refractivity contribution < 1.29 is 74.4 Å². The third kappa shape index (κ3) is 7.03. The minimum atomic E-state index is -2.76. The Hall–Kier alpha value is -7.05. The van der Waals surface area contributed by atoms with Gasteiger partial charge >= 0.3 is 5.97 Å². The van der Waals surface area contributed by atoms with Crippen molar-refractivity contribution in [1.29, 1.82) is 5.41 Å². The van der Waals surface area contributed by atoms with E-state index in [9.17, 15) is 50.8 Å². The van der Waals surface area contributed by atoms with E-state index in [1.54, 1.807) is 24.3 Å². The number of rotatable bonds is 9. The summed E-state index contributed by atoms with van der Waals surface area (Å²) in [6, 6.07) is 13.9. The van der Waals surface area contributed by atoms with E-state index in [1.165, 1.54) is 61.0 Å². The van der Waals surface area contributed by atoms with Crippen LogP contribution in [0, 0.1) is 29.1 Å². The number of carboxylic acids is 1. The molecule has 5 heterocycles. The lowest BCUT2D eigenvalue weighted by Gasteiger charge is -2.57. The van der Waals surface area contributed by atoms with E-state index in [0.29, 0.717) is 30.4 Å². The lowest BCUT2D eigenvalue weighted by molar-refractivity contribution is -0.339. The van der Waals surface area contributed by atoms with Gasteiger partial charge in [-0.25, -0.2) is 14.8 Å². The molecule has 11 unspecified atom stereocenters. The maximum atomic E-state index is 13.0. The highest BCUT2D eigenvalue weighted by molar-refractivity contribution is 6.15. The van der Waals surface area contributed by atoms with Crippen molar-refractivity contribution in [1.82, 2.24) is 0 Å². The van der Waals surface area contributed by atoms with Crippen LogP contribution in [0.25, 0.3) is 5.76 Å². The van der Waals surface area contributed by atoms with Gasteiger partial charge in [-0.15, -0.1) is 0 Å². The molecular formula is C48H44N4O15. The number of benzene rings is 3. The Morgan fingerprint density at radius 2 is 1.84 bits per heavy atom. The molecule has 19 heteroatoms. The summed E-state index contributed by atoms with van der Waals surface area (Å²) in [4.78, 5) is 25.2. The fourth-order valence-electron chi connectivity index (χ4n) is 10.1. The lowest BCUT2D eigenvalue weighted by atomic mass is 9.61. The summed E-state index contributed by atoms with van der Waals surface area (Å²) in [5.74, 6) is 0.646. The Morgan fingerprint density at radius 1 is 1.03 bits per heavy atom. The molecule has 0 spiro atoms. The Kier molecular flexibility index (Phi) is 10.7. The van der Waals surface area contributed by atoms with E-state index in [-0.39, 0.29) is 58.6 Å². The largest absolute Gasteiger partial charge is 0.508 e. The molecule has 346 valence electrons. The minimum absolute atomic E-state index is 0.0399. The Bertz CT molecular complexity index is 2830. The number of phenols is 2. The zero-order valence-corrected chi connectivity index (χ0v) is 35.3. The van der Waals surface area contributed by atoms with Gasteiger partial charge in [-0.05, 0) is 66.8 Å². The smallest absolute Gasteiger partial charge is 0.336 e. The molecule has 1 saturated carbocycles. The Balaban J connectivity index is 1.07. The van der Waals surface area contributed by atoms with Crippen molar-refractivity contribution >= 4 is 35.3 Å². The zero-order valence-electron chi connectivity index (χ0n) is 35.3. The Morgan fingerprint density at radius 3 is 2.54 bits per heavy atom. The van der Waals surface area contributed by atoms with Gasteiger partial charge in [-0.1, -0.05) is 42.2 Å². The number of ether oxygens (including phenoxy) is 5. The highest BCUT2D eigenvalue weighted by Gasteiger charge is 2.72. The fourth-order valence-corrected chi connectivity index (χ4v) is 10.1. The molecule has 67 heavy (non-hydrogen) atoms. The number of aromatic hydroxyl groups is 2. The third-order valence-corrected chi connectivity index (χ3v) is 13.5. The molecule has 0 radical (unpaired) electrons. The standard InChI is InChI=1S/C48H44N4O15/c49-37-14-13-30(52-37)39(56)36(21-53)63-28-11-9-23(10-12-28)33-18-32(55)38-34(64-33)19-35-41(40(38)57)67-46(25-5-2-8-27(54)16-25)15-3-7-24(46)4-1-6-26-17-29(31-20-50-22-51-31)48(62)42(43(58)59)66-45(65-35)47(26,61)44(48)60/h2,5,8-14,16-19,22,24,29,33,36,39,42,44-45,49,53-57,60-62H,3-4,7,15,20-21H2,(H,58,59). The number of nitrogens with zero attached hydrogens (tertiary/aromatic N) is 3. The predicted octanol–water partition coefficient (Wildman–Crippen LogP) is 2.75. The van der Waals surface area contributed by atoms with Gasteiger partial charge in [0.05, 0.1) is 30.5 Å². The number of hydrogen-bond acceptors (Lipinski definition) is 17. The summed E-state index contributed by atoms with van der Waals surface area (Å²) < 4.78 is 31.6. The number of aliphatic hydroxyl groups excluding tert-OH is 4. The molecule has 10 N–H and O–H groups in total. The highest BCUT2D eigenvalue weighted by atomic mass is 16.7. The molecule has 19 nitrogen and oxygen atoms in total. The molecule has 3 aromatic rings. The van der Waals surface area contributed by atoms with Gasteiger partial charge in [-0.3, -0.25) is 10.4 Å². The third-order valence-electron chi connectivity index (χ3n) is 13.5. The number of fused-ring (bicyclic) bond motifs is 4. The second kappa shape index (κ2) is 16.4. The summed E-state index contributed by atoms with van der Waals surface area (Å²) in [6.07, 6.45) is -1.83. The van der Waals surface area contributed by atoms with Crippen LogP contribution >= 0.6 is 0 Å². The molecule has 0 amide bonds. The maximum absolute atomic E-state index is 13.0. The average molecular weight is 917 g/mol. The van der Waals surface area contributed by atoms with Crippen LogP contribution in [0.4, 0.5) is 0 Å². The SMILES string of the molecule is N=C1C=CC(C(O)C(CO)Oc2ccc(C3C=C(O)c4c(cc5c(c4O)OC4(c6cccc(O)c6)CCCC4CC#CC4=CC(C6=NC=NC6)C6(O)C(C(=O)O)OC(O5)C4(O)C6O)O3)cc2)=N1. The number of carboxylic acid groups (broad SMARTS) is 1. The lowest BCUT2D eigenvalue weighted by Crippen LogP contribution is -2.79. The monoisotopic (exact) mass is 916 g/mol. The number of hydrogen-bond donors (Lipinski definition) is 10. The number of amidine groups is 1. The molecular weight excluding hydrogens is 873 g/mol. The summed E-state index contributed by atoms with van der Waals surface area (Å²) in [7, 11) is 0. The number of phenolic OH excluding ortho intramolecular Hbond substituents is 2. The first-order valence-electron chi connectivity index (χ1n) is 21.5. The van der Waals surface area contributed by atoms with Crippen molar-refractivity contribution in [3.8, 4) is 46.3 Å². The van der Waals surface area contributed by atoms with E-state index in [1.807, 2.05) is 0 Å². The van der Waals surface area contributed by atoms with Crippen LogP contribution in [0.2, 0.25) is 0 Å². The van der Waals surface area contributed by atoms with Crippen LogP contribution in [-0.4, -0.2) is 131 Å². The van der Waals surface area contributed by atoms with E-state index in [4.69, 9.17) is 29.1 Å². The van der Waals surface area contributed by atoms with E-state index in [2.05, 4.69) is 26.8 Å². The van der Waals surface area contributed by atoms with Gasteiger partial charge in [0.1, 0.15) is 70.3 Å². The predicted molar refractivity (Wildman–Crippen MR) is 236 cm³/mol. The quantitative estimate of drug-likeness (QED) is 0.138. The summed E-state index contributed by atoms with van der Waals surface area (Å²) in [5, 5.41) is 111. The molecule has 2 fully saturated rings. The Labute approximate surface area is 381 Å². The van der Waals surface area contributed by atoms with Gasteiger partial charge in [0.25, 0.3) is 0 Å². The maximum Gasteiger partial charge on any atom is 0.336 e. The number of aliphatic hydroxyl groups is 6. The van der Waals surface area contributed by atoms with Crippen molar-refractivity contribution in [2.45, 2.75) is 79.3 Å². The number of nitrogens with one attached hydrogen (secondary N) is 1. The van der Waals surface area contributed by atoms with E-state index in [0.717, 1.165) is 0 Å². The zero-order chi connectivity index (χ0) is 47.0. The fraction of sp³-hybridized carbons (Fsp3) is 0.354. The van der Waals surface area contributed by atoms with Crippen LogP contribution in [0.15, 0.2) is 99.5 Å². The number of aliphatic imine (C=N–C) groups is 3. The van der Waals surface area contributed by atoms with Crippen molar-refractivity contribution in [2.24, 2.45) is 26.8 Å². The number of carbonyl (C=O) groups is 1. The van der Waals surface area contributed by atoms with Crippen LogP contribution in [0.1, 0.15) is 48.5 Å². The van der Waals surface area contributed by atoms with Gasteiger partial charge < -0.3 is 69.6 Å². The highest BCUT2D eigenvalue weighted by Crippen LogP contribution is 2.58.